The second-order valence-electron chi connectivity index (χ2n) is 4.76. The highest BCUT2D eigenvalue weighted by molar-refractivity contribution is 6.30. The molecule has 1 unspecified atom stereocenters. The van der Waals surface area contributed by atoms with Gasteiger partial charge in [-0.05, 0) is 48.2 Å². The predicted octanol–water partition coefficient (Wildman–Crippen LogP) is 4.37. The first-order chi connectivity index (χ1) is 8.99. The third kappa shape index (κ3) is 3.14. The van der Waals surface area contributed by atoms with Crippen LogP contribution < -0.4 is 0 Å². The molecule has 0 spiro atoms. The van der Waals surface area contributed by atoms with Gasteiger partial charge in [0.1, 0.15) is 5.82 Å². The van der Waals surface area contributed by atoms with Crippen LogP contribution in [0.2, 0.25) is 5.02 Å². The number of aryl methyl sites for hydroxylation is 2. The minimum absolute atomic E-state index is 0.245. The quantitative estimate of drug-likeness (QED) is 0.884. The van der Waals surface area contributed by atoms with Gasteiger partial charge >= 0.3 is 0 Å². The largest absolute Gasteiger partial charge is 0.388 e. The molecule has 100 valence electrons. The molecule has 0 aliphatic heterocycles. The lowest BCUT2D eigenvalue weighted by atomic mass is 9.94. The molecule has 0 aliphatic carbocycles. The van der Waals surface area contributed by atoms with Crippen molar-refractivity contribution in [1.29, 1.82) is 0 Å². The van der Waals surface area contributed by atoms with E-state index in [2.05, 4.69) is 0 Å². The van der Waals surface area contributed by atoms with Crippen LogP contribution in [-0.4, -0.2) is 5.11 Å². The highest BCUT2D eigenvalue weighted by Crippen LogP contribution is 2.26. The molecule has 0 amide bonds. The number of aliphatic hydroxyl groups excluding tert-OH is 1. The SMILES string of the molecule is Cc1cccc(C)c1C(O)Cc1ccc(Cl)cc1F. The van der Waals surface area contributed by atoms with E-state index in [9.17, 15) is 9.50 Å². The molecule has 2 aromatic rings. The van der Waals surface area contributed by atoms with Gasteiger partial charge < -0.3 is 5.11 Å². The van der Waals surface area contributed by atoms with Crippen molar-refractivity contribution in [2.45, 2.75) is 26.4 Å². The van der Waals surface area contributed by atoms with Crippen LogP contribution in [0.1, 0.15) is 28.4 Å². The Morgan fingerprint density at radius 2 is 1.79 bits per heavy atom. The van der Waals surface area contributed by atoms with Crippen LogP contribution >= 0.6 is 11.6 Å². The molecule has 2 rings (SSSR count). The fourth-order valence-electron chi connectivity index (χ4n) is 2.35. The first kappa shape index (κ1) is 14.0. The topological polar surface area (TPSA) is 20.2 Å². The van der Waals surface area contributed by atoms with Crippen LogP contribution in [0.5, 0.6) is 0 Å². The normalized spacial score (nSPS) is 12.5. The second kappa shape index (κ2) is 5.72. The lowest BCUT2D eigenvalue weighted by Gasteiger charge is -2.17. The highest BCUT2D eigenvalue weighted by Gasteiger charge is 2.15. The molecule has 3 heteroatoms. The van der Waals surface area contributed by atoms with Gasteiger partial charge in [-0.15, -0.1) is 0 Å². The maximum atomic E-state index is 13.7. The minimum Gasteiger partial charge on any atom is -0.388 e. The number of hydrogen-bond acceptors (Lipinski definition) is 1. The van der Waals surface area contributed by atoms with Crippen LogP contribution in [0.4, 0.5) is 4.39 Å². The summed E-state index contributed by atoms with van der Waals surface area (Å²) in [6.45, 7) is 3.90. The molecule has 0 aliphatic rings. The number of hydrogen-bond donors (Lipinski definition) is 1. The number of rotatable bonds is 3. The number of aliphatic hydroxyl groups is 1. The Morgan fingerprint density at radius 3 is 2.37 bits per heavy atom. The Labute approximate surface area is 117 Å². The summed E-state index contributed by atoms with van der Waals surface area (Å²) >= 11 is 5.72. The van der Waals surface area contributed by atoms with Crippen molar-refractivity contribution >= 4 is 11.6 Å². The zero-order valence-corrected chi connectivity index (χ0v) is 11.7. The fourth-order valence-corrected chi connectivity index (χ4v) is 2.51. The van der Waals surface area contributed by atoms with Crippen molar-refractivity contribution < 1.29 is 9.50 Å². The molecule has 0 fully saturated rings. The molecular weight excluding hydrogens is 263 g/mol. The van der Waals surface area contributed by atoms with Gasteiger partial charge in [-0.25, -0.2) is 4.39 Å². The molecule has 0 aromatic heterocycles. The fraction of sp³-hybridized carbons (Fsp3) is 0.250. The molecule has 2 aromatic carbocycles. The average molecular weight is 279 g/mol. The van der Waals surface area contributed by atoms with Crippen LogP contribution in [0.3, 0.4) is 0 Å². The van der Waals surface area contributed by atoms with Gasteiger partial charge in [-0.1, -0.05) is 35.9 Å². The third-order valence-electron chi connectivity index (χ3n) is 3.30. The van der Waals surface area contributed by atoms with E-state index >= 15 is 0 Å². The van der Waals surface area contributed by atoms with Gasteiger partial charge in [0.25, 0.3) is 0 Å². The van der Waals surface area contributed by atoms with E-state index < -0.39 is 6.10 Å². The van der Waals surface area contributed by atoms with E-state index in [0.717, 1.165) is 16.7 Å². The molecule has 1 nitrogen and oxygen atoms in total. The summed E-state index contributed by atoms with van der Waals surface area (Å²) in [6.07, 6.45) is -0.466. The highest BCUT2D eigenvalue weighted by atomic mass is 35.5. The number of benzene rings is 2. The summed E-state index contributed by atoms with van der Waals surface area (Å²) in [6, 6.07) is 10.4. The summed E-state index contributed by atoms with van der Waals surface area (Å²) in [5, 5.41) is 10.7. The lowest BCUT2D eigenvalue weighted by Crippen LogP contribution is -2.07. The van der Waals surface area contributed by atoms with Gasteiger partial charge in [-0.3, -0.25) is 0 Å². The molecule has 1 N–H and O–H groups in total. The van der Waals surface area contributed by atoms with E-state index in [1.54, 1.807) is 12.1 Å². The maximum Gasteiger partial charge on any atom is 0.127 e. The molecule has 0 bridgehead atoms. The first-order valence-electron chi connectivity index (χ1n) is 6.17. The van der Waals surface area contributed by atoms with Gasteiger partial charge in [0.2, 0.25) is 0 Å². The zero-order valence-electron chi connectivity index (χ0n) is 11.0. The number of halogens is 2. The minimum atomic E-state index is -0.711. The summed E-state index contributed by atoms with van der Waals surface area (Å²) in [4.78, 5) is 0. The standard InChI is InChI=1S/C16H16ClFO/c1-10-4-3-5-11(2)16(10)15(19)8-12-6-7-13(17)9-14(12)18/h3-7,9,15,19H,8H2,1-2H3. The van der Waals surface area contributed by atoms with Crippen molar-refractivity contribution in [3.8, 4) is 0 Å². The van der Waals surface area contributed by atoms with E-state index in [-0.39, 0.29) is 12.2 Å². The Morgan fingerprint density at radius 1 is 1.16 bits per heavy atom. The molecule has 0 saturated heterocycles. The summed E-state index contributed by atoms with van der Waals surface area (Å²) < 4.78 is 13.7. The second-order valence-corrected chi connectivity index (χ2v) is 5.20. The molecule has 1 atom stereocenters. The van der Waals surface area contributed by atoms with Crippen molar-refractivity contribution in [1.82, 2.24) is 0 Å². The third-order valence-corrected chi connectivity index (χ3v) is 3.54. The van der Waals surface area contributed by atoms with Gasteiger partial charge in [0, 0.05) is 11.4 Å². The van der Waals surface area contributed by atoms with E-state index in [0.29, 0.717) is 10.6 Å². The maximum absolute atomic E-state index is 13.7. The molecule has 19 heavy (non-hydrogen) atoms. The van der Waals surface area contributed by atoms with E-state index in [1.807, 2.05) is 32.0 Å². The molecule has 0 saturated carbocycles. The van der Waals surface area contributed by atoms with Crippen LogP contribution in [-0.2, 0) is 6.42 Å². The van der Waals surface area contributed by atoms with Crippen LogP contribution in [0.15, 0.2) is 36.4 Å². The Hall–Kier alpha value is -1.38. The summed E-state index contributed by atoms with van der Waals surface area (Å²) in [5.74, 6) is -0.377. The van der Waals surface area contributed by atoms with E-state index in [4.69, 9.17) is 11.6 Å². The lowest BCUT2D eigenvalue weighted by molar-refractivity contribution is 0.175. The van der Waals surface area contributed by atoms with Crippen LogP contribution in [0.25, 0.3) is 0 Å². The van der Waals surface area contributed by atoms with Gasteiger partial charge in [0.15, 0.2) is 0 Å². The molecular formula is C16H16ClFO. The average Bonchev–Trinajstić information content (AvgIpc) is 2.32. The van der Waals surface area contributed by atoms with Crippen molar-refractivity contribution in [3.05, 3.63) is 69.5 Å². The summed E-state index contributed by atoms with van der Waals surface area (Å²) in [7, 11) is 0. The van der Waals surface area contributed by atoms with Gasteiger partial charge in [-0.2, -0.15) is 0 Å². The van der Waals surface area contributed by atoms with Crippen LogP contribution in [0, 0.1) is 19.7 Å². The monoisotopic (exact) mass is 278 g/mol. The van der Waals surface area contributed by atoms with Crippen molar-refractivity contribution in [3.63, 3.8) is 0 Å². The van der Waals surface area contributed by atoms with E-state index in [1.165, 1.54) is 6.07 Å². The molecule has 0 heterocycles. The Bertz CT molecular complexity index is 575. The van der Waals surface area contributed by atoms with Gasteiger partial charge in [0.05, 0.1) is 6.10 Å². The first-order valence-corrected chi connectivity index (χ1v) is 6.55. The summed E-state index contributed by atoms with van der Waals surface area (Å²) in [5.41, 5.74) is 3.38. The Balaban J connectivity index is 2.28. The zero-order chi connectivity index (χ0) is 14.0. The van der Waals surface area contributed by atoms with Crippen molar-refractivity contribution in [2.75, 3.05) is 0 Å². The Kier molecular flexibility index (Phi) is 4.23. The predicted molar refractivity (Wildman–Crippen MR) is 76.0 cm³/mol. The molecule has 0 radical (unpaired) electrons. The smallest absolute Gasteiger partial charge is 0.127 e. The van der Waals surface area contributed by atoms with Crippen molar-refractivity contribution in [2.24, 2.45) is 0 Å².